The van der Waals surface area contributed by atoms with Crippen LogP contribution in [0.25, 0.3) is 10.7 Å². The van der Waals surface area contributed by atoms with Crippen LogP contribution in [0, 0.1) is 0 Å². The lowest BCUT2D eigenvalue weighted by Crippen LogP contribution is -2.38. The van der Waals surface area contributed by atoms with Gasteiger partial charge in [0.25, 0.3) is 0 Å². The normalized spacial score (nSPS) is 14.2. The fourth-order valence-electron chi connectivity index (χ4n) is 2.92. The van der Waals surface area contributed by atoms with Gasteiger partial charge in [0.2, 0.25) is 0 Å². The summed E-state index contributed by atoms with van der Waals surface area (Å²) in [6.45, 7) is 7.86. The second kappa shape index (κ2) is 8.35. The molecule has 2 rings (SSSR count). The van der Waals surface area contributed by atoms with Crippen molar-refractivity contribution in [3.05, 3.63) is 29.9 Å². The zero-order valence-corrected chi connectivity index (χ0v) is 14.2. The average Bonchev–Trinajstić information content (AvgIpc) is 3.16. The van der Waals surface area contributed by atoms with Crippen LogP contribution in [-0.4, -0.2) is 22.1 Å². The van der Waals surface area contributed by atoms with E-state index in [9.17, 15) is 0 Å². The van der Waals surface area contributed by atoms with Crippen LogP contribution in [-0.2, 0) is 0 Å². The molecule has 21 heavy (non-hydrogen) atoms. The predicted octanol–water partition coefficient (Wildman–Crippen LogP) is 4.73. The van der Waals surface area contributed by atoms with Gasteiger partial charge in [-0.3, -0.25) is 0 Å². The molecule has 0 amide bonds. The standard InChI is InChI=1S/C17H27N3S/c1-4-8-14(18-10-5-2)15(6-3)20-12-11-19-17(20)16-9-7-13-21-16/h7,9,11-15,18H,4-6,8,10H2,1-3H3. The van der Waals surface area contributed by atoms with E-state index >= 15 is 0 Å². The van der Waals surface area contributed by atoms with E-state index in [1.807, 2.05) is 6.20 Å². The van der Waals surface area contributed by atoms with Gasteiger partial charge in [-0.25, -0.2) is 4.98 Å². The van der Waals surface area contributed by atoms with Gasteiger partial charge in [-0.15, -0.1) is 11.3 Å². The van der Waals surface area contributed by atoms with E-state index < -0.39 is 0 Å². The van der Waals surface area contributed by atoms with Gasteiger partial charge in [0.05, 0.1) is 10.9 Å². The molecular formula is C17H27N3S. The molecule has 1 N–H and O–H groups in total. The summed E-state index contributed by atoms with van der Waals surface area (Å²) in [5.41, 5.74) is 0. The lowest BCUT2D eigenvalue weighted by Gasteiger charge is -2.29. The summed E-state index contributed by atoms with van der Waals surface area (Å²) in [7, 11) is 0. The molecule has 2 aromatic rings. The molecule has 0 fully saturated rings. The zero-order chi connectivity index (χ0) is 15.1. The van der Waals surface area contributed by atoms with Crippen molar-refractivity contribution in [1.29, 1.82) is 0 Å². The number of imidazole rings is 1. The highest BCUT2D eigenvalue weighted by Gasteiger charge is 2.23. The largest absolute Gasteiger partial charge is 0.326 e. The van der Waals surface area contributed by atoms with E-state index in [-0.39, 0.29) is 0 Å². The molecule has 3 nitrogen and oxygen atoms in total. The van der Waals surface area contributed by atoms with Gasteiger partial charge in [0.15, 0.2) is 0 Å². The van der Waals surface area contributed by atoms with Gasteiger partial charge in [0.1, 0.15) is 5.82 Å². The highest BCUT2D eigenvalue weighted by molar-refractivity contribution is 7.13. The molecule has 0 radical (unpaired) electrons. The number of hydrogen-bond donors (Lipinski definition) is 1. The van der Waals surface area contributed by atoms with E-state index in [2.05, 4.69) is 59.3 Å². The Bertz CT molecular complexity index is 504. The van der Waals surface area contributed by atoms with Crippen LogP contribution in [0.3, 0.4) is 0 Å². The molecule has 2 heterocycles. The quantitative estimate of drug-likeness (QED) is 0.725. The molecule has 0 aromatic carbocycles. The number of nitrogens with one attached hydrogen (secondary N) is 1. The van der Waals surface area contributed by atoms with E-state index in [1.54, 1.807) is 11.3 Å². The third kappa shape index (κ3) is 3.95. The van der Waals surface area contributed by atoms with E-state index in [0.29, 0.717) is 12.1 Å². The summed E-state index contributed by atoms with van der Waals surface area (Å²) < 4.78 is 2.37. The lowest BCUT2D eigenvalue weighted by atomic mass is 10.00. The van der Waals surface area contributed by atoms with Gasteiger partial charge < -0.3 is 9.88 Å². The Hall–Kier alpha value is -1.13. The third-order valence-corrected chi connectivity index (χ3v) is 4.77. The fraction of sp³-hybridized carbons (Fsp3) is 0.588. The first-order valence-corrected chi connectivity index (χ1v) is 8.99. The van der Waals surface area contributed by atoms with Crippen LogP contribution in [0.15, 0.2) is 29.9 Å². The molecule has 2 atom stereocenters. The van der Waals surface area contributed by atoms with Crippen molar-refractivity contribution in [3.8, 4) is 10.7 Å². The molecule has 0 aliphatic rings. The number of rotatable bonds is 9. The SMILES string of the molecule is CCCNC(CCC)C(CC)n1ccnc1-c1cccs1. The zero-order valence-electron chi connectivity index (χ0n) is 13.4. The monoisotopic (exact) mass is 305 g/mol. The van der Waals surface area contributed by atoms with Gasteiger partial charge in [-0.1, -0.05) is 33.3 Å². The maximum Gasteiger partial charge on any atom is 0.150 e. The minimum absolute atomic E-state index is 0.469. The number of aromatic nitrogens is 2. The van der Waals surface area contributed by atoms with Gasteiger partial charge in [-0.05, 0) is 37.3 Å². The van der Waals surface area contributed by atoms with E-state index in [1.165, 1.54) is 24.1 Å². The maximum absolute atomic E-state index is 4.60. The fourth-order valence-corrected chi connectivity index (χ4v) is 3.65. The van der Waals surface area contributed by atoms with Crippen LogP contribution < -0.4 is 5.32 Å². The van der Waals surface area contributed by atoms with Crippen LogP contribution in [0.4, 0.5) is 0 Å². The van der Waals surface area contributed by atoms with E-state index in [0.717, 1.165) is 18.8 Å². The minimum atomic E-state index is 0.469. The molecule has 0 spiro atoms. The maximum atomic E-state index is 4.60. The second-order valence-corrected chi connectivity index (χ2v) is 6.41. The Morgan fingerprint density at radius 1 is 1.29 bits per heavy atom. The molecule has 0 bridgehead atoms. The van der Waals surface area contributed by atoms with Gasteiger partial charge >= 0.3 is 0 Å². The lowest BCUT2D eigenvalue weighted by molar-refractivity contribution is 0.323. The first-order valence-electron chi connectivity index (χ1n) is 8.11. The van der Waals surface area contributed by atoms with Crippen molar-refractivity contribution >= 4 is 11.3 Å². The van der Waals surface area contributed by atoms with Gasteiger partial charge in [-0.2, -0.15) is 0 Å². The molecule has 0 aliphatic heterocycles. The van der Waals surface area contributed by atoms with Crippen LogP contribution >= 0.6 is 11.3 Å². The summed E-state index contributed by atoms with van der Waals surface area (Å²) in [4.78, 5) is 5.85. The second-order valence-electron chi connectivity index (χ2n) is 5.46. The number of nitrogens with zero attached hydrogens (tertiary/aromatic N) is 2. The van der Waals surface area contributed by atoms with Crippen molar-refractivity contribution < 1.29 is 0 Å². The highest BCUT2D eigenvalue weighted by Crippen LogP contribution is 2.29. The number of hydrogen-bond acceptors (Lipinski definition) is 3. The van der Waals surface area contributed by atoms with Crippen LogP contribution in [0.5, 0.6) is 0 Å². The van der Waals surface area contributed by atoms with E-state index in [4.69, 9.17) is 0 Å². The Morgan fingerprint density at radius 2 is 2.14 bits per heavy atom. The number of thiophene rings is 1. The molecule has 2 unspecified atom stereocenters. The van der Waals surface area contributed by atoms with Gasteiger partial charge in [0, 0.05) is 18.4 Å². The predicted molar refractivity (Wildman–Crippen MR) is 91.9 cm³/mol. The Kier molecular flexibility index (Phi) is 6.46. The average molecular weight is 305 g/mol. The first-order chi connectivity index (χ1) is 10.3. The molecule has 0 aliphatic carbocycles. The molecule has 116 valence electrons. The van der Waals surface area contributed by atoms with Crippen molar-refractivity contribution in [3.63, 3.8) is 0 Å². The van der Waals surface area contributed by atoms with Crippen molar-refractivity contribution in [1.82, 2.24) is 14.9 Å². The van der Waals surface area contributed by atoms with Crippen LogP contribution in [0.2, 0.25) is 0 Å². The summed E-state index contributed by atoms with van der Waals surface area (Å²) in [6, 6.07) is 5.24. The summed E-state index contributed by atoms with van der Waals surface area (Å²) in [6.07, 6.45) is 8.79. The third-order valence-electron chi connectivity index (χ3n) is 3.91. The topological polar surface area (TPSA) is 29.9 Å². The minimum Gasteiger partial charge on any atom is -0.326 e. The Labute approximate surface area is 132 Å². The molecular weight excluding hydrogens is 278 g/mol. The molecule has 2 aromatic heterocycles. The van der Waals surface area contributed by atoms with Crippen LogP contribution in [0.1, 0.15) is 52.5 Å². The van der Waals surface area contributed by atoms with Crippen molar-refractivity contribution in [2.45, 2.75) is 58.5 Å². The Morgan fingerprint density at radius 3 is 2.76 bits per heavy atom. The highest BCUT2D eigenvalue weighted by atomic mass is 32.1. The summed E-state index contributed by atoms with van der Waals surface area (Å²) in [5, 5.41) is 5.86. The smallest absolute Gasteiger partial charge is 0.150 e. The van der Waals surface area contributed by atoms with Crippen molar-refractivity contribution in [2.24, 2.45) is 0 Å². The van der Waals surface area contributed by atoms with Crippen molar-refractivity contribution in [2.75, 3.05) is 6.54 Å². The summed E-state index contributed by atoms with van der Waals surface area (Å²) >= 11 is 1.76. The summed E-state index contributed by atoms with van der Waals surface area (Å²) in [5.74, 6) is 1.11. The first kappa shape index (κ1) is 16.2. The molecule has 4 heteroatoms. The Balaban J connectivity index is 2.25. The molecule has 0 saturated carbocycles. The molecule has 0 saturated heterocycles.